The van der Waals surface area contributed by atoms with Crippen LogP contribution in [0.1, 0.15) is 40.5 Å². The van der Waals surface area contributed by atoms with Crippen molar-refractivity contribution in [2.45, 2.75) is 50.5 Å². The summed E-state index contributed by atoms with van der Waals surface area (Å²) < 4.78 is 2.44. The second-order valence-electron chi connectivity index (χ2n) is 3.89. The fourth-order valence-corrected chi connectivity index (χ4v) is 6.85. The topological polar surface area (TPSA) is 20.3 Å². The number of ketones is 1. The Morgan fingerprint density at radius 1 is 1.13 bits per heavy atom. The maximum atomic E-state index is 11.4. The number of hydrogen-bond acceptors (Lipinski definition) is 2. The Hall–Kier alpha value is -0.154. The van der Waals surface area contributed by atoms with Gasteiger partial charge >= 0.3 is 100.0 Å². The predicted molar refractivity (Wildman–Crippen MR) is 68.2 cm³/mol. The second kappa shape index (κ2) is 8.05. The van der Waals surface area contributed by atoms with E-state index in [2.05, 4.69) is 31.4 Å². The van der Waals surface area contributed by atoms with Crippen LogP contribution in [-0.2, 0) is 4.79 Å². The van der Waals surface area contributed by atoms with Gasteiger partial charge in [-0.05, 0) is 0 Å². The van der Waals surface area contributed by atoms with E-state index < -0.39 is 16.5 Å². The van der Waals surface area contributed by atoms with Crippen LogP contribution < -0.4 is 0 Å². The van der Waals surface area contributed by atoms with Gasteiger partial charge in [0.1, 0.15) is 0 Å². The molecule has 0 aromatic heterocycles. The van der Waals surface area contributed by atoms with E-state index in [-0.39, 0.29) is 5.78 Å². The molecule has 2 nitrogen and oxygen atoms in total. The molecule has 0 heterocycles. The molecule has 0 spiro atoms. The number of hydrogen-bond donors (Lipinski definition) is 0. The third-order valence-corrected chi connectivity index (χ3v) is 9.93. The molecule has 0 atom stereocenters. The molecule has 0 aromatic rings. The van der Waals surface area contributed by atoms with Crippen molar-refractivity contribution in [3.8, 4) is 0 Å². The zero-order valence-electron chi connectivity index (χ0n) is 10.8. The van der Waals surface area contributed by atoms with Crippen molar-refractivity contribution >= 4 is 22.2 Å². The molecule has 0 aliphatic carbocycles. The van der Waals surface area contributed by atoms with Crippen LogP contribution in [0.15, 0.2) is 11.8 Å². The Bertz CT molecular complexity index is 222. The average Bonchev–Trinajstić information content (AvgIpc) is 2.26. The van der Waals surface area contributed by atoms with Gasteiger partial charge in [0.15, 0.2) is 0 Å². The summed E-state index contributed by atoms with van der Waals surface area (Å²) in [5.41, 5.74) is 1.25. The maximum absolute atomic E-state index is 11.4. The third kappa shape index (κ3) is 4.93. The van der Waals surface area contributed by atoms with Crippen molar-refractivity contribution in [3.05, 3.63) is 11.8 Å². The number of carbonyl (C=O) groups is 1. The number of carbonyl (C=O) groups excluding carboxylic acids is 1. The molecule has 15 heavy (non-hydrogen) atoms. The molecule has 0 aliphatic heterocycles. The summed E-state index contributed by atoms with van der Waals surface area (Å²) in [4.78, 5) is 14.0. The van der Waals surface area contributed by atoms with Crippen LogP contribution in [0, 0.1) is 0 Å². The van der Waals surface area contributed by atoms with Crippen LogP contribution in [0.4, 0.5) is 0 Å². The molecule has 0 saturated heterocycles. The Kier molecular flexibility index (Phi) is 7.97. The van der Waals surface area contributed by atoms with Crippen molar-refractivity contribution in [2.75, 3.05) is 7.05 Å². The molecule has 0 radical (unpaired) electrons. The number of nitrogens with zero attached hydrogens (tertiary/aromatic N) is 1. The second-order valence-corrected chi connectivity index (χ2v) is 11.7. The van der Waals surface area contributed by atoms with Crippen molar-refractivity contribution in [3.63, 3.8) is 0 Å². The van der Waals surface area contributed by atoms with Crippen LogP contribution in [0.25, 0.3) is 0 Å². The van der Waals surface area contributed by atoms with Crippen molar-refractivity contribution < 1.29 is 4.79 Å². The normalized spacial score (nSPS) is 11.4. The van der Waals surface area contributed by atoms with Gasteiger partial charge in [0.2, 0.25) is 0 Å². The summed E-state index contributed by atoms with van der Waals surface area (Å²) in [6, 6.07) is 0. The van der Waals surface area contributed by atoms with Crippen molar-refractivity contribution in [1.29, 1.82) is 0 Å². The van der Waals surface area contributed by atoms with E-state index >= 15 is 0 Å². The number of allylic oxidation sites excluding steroid dienone is 2. The fraction of sp³-hybridized carbons (Fsp3) is 0.750. The van der Waals surface area contributed by atoms with E-state index in [1.165, 1.54) is 15.6 Å². The molecule has 0 aliphatic rings. The Balaban J connectivity index is 4.65. The molecule has 0 amide bonds. The summed E-state index contributed by atoms with van der Waals surface area (Å²) in [6.45, 7) is 8.61. The van der Waals surface area contributed by atoms with Crippen LogP contribution >= 0.6 is 0 Å². The molecule has 0 fully saturated rings. The van der Waals surface area contributed by atoms with Gasteiger partial charge in [0.25, 0.3) is 0 Å². The van der Waals surface area contributed by atoms with E-state index in [0.29, 0.717) is 6.42 Å². The van der Waals surface area contributed by atoms with E-state index in [1.54, 1.807) is 0 Å². The van der Waals surface area contributed by atoms with Gasteiger partial charge in [0.05, 0.1) is 0 Å². The van der Waals surface area contributed by atoms with Gasteiger partial charge in [-0.25, -0.2) is 0 Å². The average molecular weight is 268 g/mol. The van der Waals surface area contributed by atoms with Gasteiger partial charge in [-0.2, -0.15) is 0 Å². The molecule has 86 valence electrons. The first-order valence-corrected chi connectivity index (χ1v) is 10.6. The van der Waals surface area contributed by atoms with E-state index in [9.17, 15) is 4.79 Å². The first-order chi connectivity index (χ1) is 7.10. The predicted octanol–water partition coefficient (Wildman–Crippen LogP) is 3.22. The first-order valence-electron chi connectivity index (χ1n) is 6.06. The first kappa shape index (κ1) is 14.8. The van der Waals surface area contributed by atoms with E-state index in [1.807, 2.05) is 13.0 Å². The van der Waals surface area contributed by atoms with Crippen LogP contribution in [-0.4, -0.2) is 32.9 Å². The van der Waals surface area contributed by atoms with Gasteiger partial charge in [-0.15, -0.1) is 0 Å². The zero-order valence-corrected chi connectivity index (χ0v) is 13.3. The summed E-state index contributed by atoms with van der Waals surface area (Å²) in [5.74, 6) is 0.257. The molecule has 3 heteroatoms. The van der Waals surface area contributed by atoms with Gasteiger partial charge < -0.3 is 0 Å². The monoisotopic (exact) mass is 267 g/mol. The van der Waals surface area contributed by atoms with Crippen LogP contribution in [0.5, 0.6) is 0 Å². The van der Waals surface area contributed by atoms with Gasteiger partial charge in [-0.1, -0.05) is 0 Å². The molecule has 0 saturated carbocycles. The van der Waals surface area contributed by atoms with Gasteiger partial charge in [0, 0.05) is 0 Å². The van der Waals surface area contributed by atoms with Crippen LogP contribution in [0.2, 0.25) is 9.95 Å². The zero-order chi connectivity index (χ0) is 11.8. The summed E-state index contributed by atoms with van der Waals surface area (Å²) in [6.07, 6.45) is 3.45. The molecular weight excluding hydrogens is 244 g/mol. The Labute approximate surface area is 100 Å². The Morgan fingerprint density at radius 3 is 2.00 bits per heavy atom. The third-order valence-electron chi connectivity index (χ3n) is 2.98. The van der Waals surface area contributed by atoms with E-state index in [4.69, 9.17) is 0 Å². The SMILES string of the molecule is CCC(=O)/C=C(/CC)[N](C)[Ga]([CH2]C)[CH2]C. The molecule has 0 aromatic carbocycles. The van der Waals surface area contributed by atoms with Crippen molar-refractivity contribution in [1.82, 2.24) is 3.61 Å². The Morgan fingerprint density at radius 2 is 1.67 bits per heavy atom. The minimum absolute atomic E-state index is 0.257. The summed E-state index contributed by atoms with van der Waals surface area (Å²) in [5, 5.41) is 0. The molecule has 0 bridgehead atoms. The molecule has 0 N–H and O–H groups in total. The van der Waals surface area contributed by atoms with Crippen molar-refractivity contribution in [2.24, 2.45) is 0 Å². The molecule has 0 unspecified atom stereocenters. The standard InChI is InChI=1S/C8H15NO.2C2H5.Ga/c1-4-7(9-3)6-8(10)5-2;2*1-2;/h6H,4-5H2,1-3H3,(H,9,10);2*1H2,2H3;/q;;;+1/p-1. The molecular formula is C12H24GaNO. The van der Waals surface area contributed by atoms with Crippen LogP contribution in [0.3, 0.4) is 0 Å². The minimum atomic E-state index is -1.30. The quantitative estimate of drug-likeness (QED) is 0.522. The van der Waals surface area contributed by atoms with E-state index in [0.717, 1.165) is 6.42 Å². The molecule has 0 rings (SSSR count). The fourth-order valence-electron chi connectivity index (χ4n) is 1.81. The summed E-state index contributed by atoms with van der Waals surface area (Å²) in [7, 11) is 2.18. The summed E-state index contributed by atoms with van der Waals surface area (Å²) >= 11 is -1.30. The number of rotatable bonds is 7. The van der Waals surface area contributed by atoms with Gasteiger partial charge in [-0.3, -0.25) is 0 Å².